The third-order valence-electron chi connectivity index (χ3n) is 6.00. The number of imide groups is 1. The molecule has 0 aromatic carbocycles. The Morgan fingerprint density at radius 3 is 2.09 bits per heavy atom. The minimum absolute atomic E-state index is 0. The number of piperidine rings is 2. The van der Waals surface area contributed by atoms with Crippen molar-refractivity contribution in [3.05, 3.63) is 35.2 Å². The molecule has 3 fully saturated rings. The SMILES string of the molecule is C=C1[N-]C(=C)C2CC1C(C)C1CC(C(=O)[N-]C1=O)C2(C)C.[Y].[Y]. The molecule has 3 aliphatic rings. The minimum atomic E-state index is -0.279. The Morgan fingerprint density at radius 1 is 0.913 bits per heavy atom. The number of carbonyl (C=O) groups is 2. The number of fused-ring (bicyclic) bond motifs is 4. The zero-order valence-electron chi connectivity index (χ0n) is 14.1. The third-order valence-corrected chi connectivity index (χ3v) is 6.00. The van der Waals surface area contributed by atoms with E-state index in [9.17, 15) is 9.59 Å². The number of hydrogen-bond donors (Lipinski definition) is 0. The summed E-state index contributed by atoms with van der Waals surface area (Å²) >= 11 is 0. The summed E-state index contributed by atoms with van der Waals surface area (Å²) in [7, 11) is 0. The zero-order chi connectivity index (χ0) is 15.5. The van der Waals surface area contributed by atoms with Gasteiger partial charge in [0.2, 0.25) is 0 Å². The minimum Gasteiger partial charge on any atom is -0.665 e. The molecule has 4 bridgehead atoms. The molecule has 2 radical (unpaired) electrons. The number of hydrogen-bond acceptors (Lipinski definition) is 2. The quantitative estimate of drug-likeness (QED) is 0.513. The Hall–Kier alpha value is 0.628. The second-order valence-corrected chi connectivity index (χ2v) is 7.35. The molecule has 2 aliphatic heterocycles. The van der Waals surface area contributed by atoms with Crippen LogP contribution >= 0.6 is 0 Å². The largest absolute Gasteiger partial charge is 0.665 e. The molecular weight excluding hydrogens is 442 g/mol. The summed E-state index contributed by atoms with van der Waals surface area (Å²) in [5.41, 5.74) is 1.36. The standard InChI is InChI=1S/C17H23N2O2.2Y/c1-8-11-6-13(10(3)18-9(11)2)17(4,5)14-7-12(8)15(20)19-16(14)21;;/h8,11-14H,2-3,6-7H2,1,4-5H3,(H,19,20,21);;/q-1;;/p-1. The van der Waals surface area contributed by atoms with Crippen molar-refractivity contribution in [3.8, 4) is 0 Å². The normalized spacial score (nSPS) is 38.1. The van der Waals surface area contributed by atoms with Crippen molar-refractivity contribution in [3.63, 3.8) is 0 Å². The molecule has 5 atom stereocenters. The number of allylic oxidation sites excluding steroid dienone is 2. The molecule has 0 N–H and O–H groups in total. The molecule has 3 rings (SSSR count). The van der Waals surface area contributed by atoms with Gasteiger partial charge in [-0.1, -0.05) is 20.8 Å². The summed E-state index contributed by atoms with van der Waals surface area (Å²) < 4.78 is 0. The maximum Gasteiger partial charge on any atom is 0.0602 e. The fraction of sp³-hybridized carbons (Fsp3) is 0.647. The van der Waals surface area contributed by atoms with Crippen LogP contribution in [0.3, 0.4) is 0 Å². The summed E-state index contributed by atoms with van der Waals surface area (Å²) in [4.78, 5) is 24.4. The molecular formula is C17H22N2O2Y2-2. The van der Waals surface area contributed by atoms with Crippen LogP contribution in [0.15, 0.2) is 24.6 Å². The Morgan fingerprint density at radius 2 is 1.48 bits per heavy atom. The van der Waals surface area contributed by atoms with Gasteiger partial charge in [0.25, 0.3) is 0 Å². The summed E-state index contributed by atoms with van der Waals surface area (Å²) in [6, 6.07) is 0. The monoisotopic (exact) mass is 464 g/mol. The molecule has 23 heavy (non-hydrogen) atoms. The van der Waals surface area contributed by atoms with E-state index in [2.05, 4.69) is 44.6 Å². The average molecular weight is 464 g/mol. The molecule has 0 aromatic heterocycles. The van der Waals surface area contributed by atoms with Crippen molar-refractivity contribution in [2.45, 2.75) is 33.6 Å². The predicted molar refractivity (Wildman–Crippen MR) is 81.2 cm³/mol. The molecule has 2 amide bonds. The number of carbonyl (C=O) groups excluding carboxylic acids is 2. The summed E-state index contributed by atoms with van der Waals surface area (Å²) in [6.45, 7) is 14.4. The smallest absolute Gasteiger partial charge is 0.0602 e. The summed E-state index contributed by atoms with van der Waals surface area (Å²) in [6.07, 6.45) is 1.48. The van der Waals surface area contributed by atoms with E-state index < -0.39 is 0 Å². The van der Waals surface area contributed by atoms with Crippen LogP contribution in [0.2, 0.25) is 0 Å². The maximum atomic E-state index is 12.3. The van der Waals surface area contributed by atoms with Crippen molar-refractivity contribution >= 4 is 11.8 Å². The van der Waals surface area contributed by atoms with Gasteiger partial charge < -0.3 is 20.2 Å². The van der Waals surface area contributed by atoms with Gasteiger partial charge in [0, 0.05) is 77.3 Å². The van der Waals surface area contributed by atoms with E-state index in [1.54, 1.807) is 0 Å². The fourth-order valence-corrected chi connectivity index (χ4v) is 4.43. The predicted octanol–water partition coefficient (Wildman–Crippen LogP) is 3.76. The first kappa shape index (κ1) is 21.7. The topological polar surface area (TPSA) is 62.3 Å². The van der Waals surface area contributed by atoms with E-state index in [4.69, 9.17) is 0 Å². The van der Waals surface area contributed by atoms with E-state index >= 15 is 0 Å². The van der Waals surface area contributed by atoms with E-state index in [-0.39, 0.29) is 112 Å². The molecule has 0 aromatic rings. The number of amides is 2. The van der Waals surface area contributed by atoms with Gasteiger partial charge in [-0.3, -0.25) is 0 Å². The molecule has 0 spiro atoms. The van der Waals surface area contributed by atoms with Gasteiger partial charge in [0.15, 0.2) is 0 Å². The van der Waals surface area contributed by atoms with Gasteiger partial charge in [-0.15, -0.1) is 13.2 Å². The molecule has 1 saturated carbocycles. The third kappa shape index (κ3) is 3.48. The van der Waals surface area contributed by atoms with E-state index in [1.807, 2.05) is 0 Å². The average Bonchev–Trinajstić information content (AvgIpc) is 2.36. The van der Waals surface area contributed by atoms with E-state index in [0.717, 1.165) is 17.8 Å². The van der Waals surface area contributed by atoms with Crippen molar-refractivity contribution in [1.29, 1.82) is 0 Å². The van der Waals surface area contributed by atoms with Crippen LogP contribution in [0.4, 0.5) is 0 Å². The van der Waals surface area contributed by atoms with Crippen LogP contribution < -0.4 is 0 Å². The Bertz CT molecular complexity index is 513. The molecule has 6 heteroatoms. The van der Waals surface area contributed by atoms with Gasteiger partial charge >= 0.3 is 0 Å². The molecule has 120 valence electrons. The Labute approximate surface area is 188 Å². The summed E-state index contributed by atoms with van der Waals surface area (Å²) in [5, 5.41) is 8.37. The van der Waals surface area contributed by atoms with Crippen LogP contribution in [0.1, 0.15) is 33.6 Å². The molecule has 2 saturated heterocycles. The first-order valence-electron chi connectivity index (χ1n) is 7.62. The van der Waals surface area contributed by atoms with E-state index in [1.165, 1.54) is 0 Å². The van der Waals surface area contributed by atoms with Crippen LogP contribution in [0.25, 0.3) is 10.6 Å². The molecule has 5 unspecified atom stereocenters. The second-order valence-electron chi connectivity index (χ2n) is 7.35. The second kappa shape index (κ2) is 7.48. The van der Waals surface area contributed by atoms with Crippen molar-refractivity contribution in [1.82, 2.24) is 0 Å². The fourth-order valence-electron chi connectivity index (χ4n) is 4.43. The first-order chi connectivity index (χ1) is 9.73. The Kier molecular flexibility index (Phi) is 7.04. The van der Waals surface area contributed by atoms with Crippen LogP contribution in [0.5, 0.6) is 0 Å². The van der Waals surface area contributed by atoms with E-state index in [0.29, 0.717) is 6.42 Å². The zero-order valence-corrected chi connectivity index (χ0v) is 19.8. The number of nitrogens with zero attached hydrogens (tertiary/aromatic N) is 2. The van der Waals surface area contributed by atoms with Crippen LogP contribution in [-0.4, -0.2) is 11.8 Å². The van der Waals surface area contributed by atoms with Gasteiger partial charge in [-0.2, -0.15) is 11.4 Å². The first-order valence-corrected chi connectivity index (χ1v) is 7.62. The maximum absolute atomic E-state index is 12.3. The van der Waals surface area contributed by atoms with Gasteiger partial charge in [0.1, 0.15) is 0 Å². The molecule has 4 nitrogen and oxygen atoms in total. The van der Waals surface area contributed by atoms with Crippen molar-refractivity contribution in [2.24, 2.45) is 35.0 Å². The van der Waals surface area contributed by atoms with Gasteiger partial charge in [-0.25, -0.2) is 0 Å². The van der Waals surface area contributed by atoms with Crippen molar-refractivity contribution < 1.29 is 75.0 Å². The number of rotatable bonds is 0. The van der Waals surface area contributed by atoms with Gasteiger partial charge in [-0.05, 0) is 36.0 Å². The van der Waals surface area contributed by atoms with Crippen molar-refractivity contribution in [2.75, 3.05) is 0 Å². The van der Waals surface area contributed by atoms with Crippen LogP contribution in [0, 0.1) is 35.0 Å². The van der Waals surface area contributed by atoms with Gasteiger partial charge in [0.05, 0.1) is 11.8 Å². The molecule has 1 aliphatic carbocycles. The van der Waals surface area contributed by atoms with Crippen LogP contribution in [-0.2, 0) is 75.0 Å². The molecule has 2 heterocycles. The Balaban J connectivity index is 0.00000132. The summed E-state index contributed by atoms with van der Waals surface area (Å²) in [5.74, 6) is -0.464.